The molecule has 1 unspecified atom stereocenters. The molecule has 1 aliphatic rings. The third kappa shape index (κ3) is 2.62. The quantitative estimate of drug-likeness (QED) is 0.910. The van der Waals surface area contributed by atoms with Crippen molar-refractivity contribution in [3.8, 4) is 0 Å². The summed E-state index contributed by atoms with van der Waals surface area (Å²) in [6, 6.07) is 10.5. The maximum absolute atomic E-state index is 5.79. The number of rotatable bonds is 2. The Hall–Kier alpha value is -1.65. The first kappa shape index (κ1) is 13.3. The summed E-state index contributed by atoms with van der Waals surface area (Å²) in [6.45, 7) is 5.28. The zero-order valence-electron chi connectivity index (χ0n) is 11.9. The van der Waals surface area contributed by atoms with Crippen LogP contribution >= 0.6 is 0 Å². The van der Waals surface area contributed by atoms with E-state index >= 15 is 0 Å². The van der Waals surface area contributed by atoms with E-state index in [9.17, 15) is 0 Å². The molecule has 1 aromatic heterocycles. The molecule has 3 rings (SSSR count). The fourth-order valence-corrected chi connectivity index (χ4v) is 2.77. The second-order valence-electron chi connectivity index (χ2n) is 5.34. The third-order valence-corrected chi connectivity index (χ3v) is 3.73. The van der Waals surface area contributed by atoms with Gasteiger partial charge in [0.1, 0.15) is 5.82 Å². The monoisotopic (exact) mass is 271 g/mol. The van der Waals surface area contributed by atoms with Crippen LogP contribution in [0.25, 0.3) is 10.8 Å². The summed E-state index contributed by atoms with van der Waals surface area (Å²) >= 11 is 0. The van der Waals surface area contributed by atoms with Gasteiger partial charge in [0.25, 0.3) is 0 Å². The molecule has 4 heteroatoms. The number of nitrogens with two attached hydrogens (primary N) is 1. The van der Waals surface area contributed by atoms with Crippen LogP contribution in [0.5, 0.6) is 0 Å². The van der Waals surface area contributed by atoms with Crippen molar-refractivity contribution in [1.82, 2.24) is 4.98 Å². The molecule has 0 spiro atoms. The van der Waals surface area contributed by atoms with E-state index in [1.54, 1.807) is 0 Å². The molecular formula is C16H21N3O. The summed E-state index contributed by atoms with van der Waals surface area (Å²) in [7, 11) is 0. The van der Waals surface area contributed by atoms with Crippen LogP contribution in [-0.4, -0.2) is 30.8 Å². The first-order valence-electron chi connectivity index (χ1n) is 7.23. The molecule has 0 aliphatic carbocycles. The van der Waals surface area contributed by atoms with Crippen LogP contribution in [0.1, 0.15) is 19.0 Å². The smallest absolute Gasteiger partial charge is 0.136 e. The molecule has 2 heterocycles. The summed E-state index contributed by atoms with van der Waals surface area (Å²) in [4.78, 5) is 7.10. The van der Waals surface area contributed by atoms with E-state index in [1.165, 1.54) is 10.8 Å². The lowest BCUT2D eigenvalue weighted by molar-refractivity contribution is 0.0820. The molecule has 1 aromatic carbocycles. The average Bonchev–Trinajstić information content (AvgIpc) is 2.70. The first-order chi connectivity index (χ1) is 9.78. The Balaban J connectivity index is 2.08. The van der Waals surface area contributed by atoms with Crippen molar-refractivity contribution in [3.63, 3.8) is 0 Å². The van der Waals surface area contributed by atoms with E-state index in [-0.39, 0.29) is 6.10 Å². The predicted octanol–water partition coefficient (Wildman–Crippen LogP) is 2.31. The highest BCUT2D eigenvalue weighted by Gasteiger charge is 2.18. The van der Waals surface area contributed by atoms with E-state index in [1.807, 2.05) is 0 Å². The summed E-state index contributed by atoms with van der Waals surface area (Å²) < 4.78 is 5.73. The number of aromatic nitrogens is 1. The summed E-state index contributed by atoms with van der Waals surface area (Å²) in [5.41, 5.74) is 6.73. The van der Waals surface area contributed by atoms with Gasteiger partial charge in [-0.25, -0.2) is 4.98 Å². The van der Waals surface area contributed by atoms with Gasteiger partial charge in [-0.1, -0.05) is 24.3 Å². The van der Waals surface area contributed by atoms with Crippen molar-refractivity contribution in [2.75, 3.05) is 24.6 Å². The molecule has 0 bridgehead atoms. The standard InChI is InChI=1S/C16H21N3O/c1-12-11-19(7-4-8-20-12)16-15-6-3-2-5-13(15)9-14(10-17)18-16/h2-3,5-6,9,12H,4,7-8,10-11,17H2,1H3. The molecule has 0 amide bonds. The molecule has 106 valence electrons. The van der Waals surface area contributed by atoms with Gasteiger partial charge in [0, 0.05) is 31.6 Å². The second kappa shape index (κ2) is 5.77. The number of ether oxygens (including phenoxy) is 1. The molecule has 0 radical (unpaired) electrons. The molecule has 1 fully saturated rings. The van der Waals surface area contributed by atoms with Gasteiger partial charge in [-0.2, -0.15) is 0 Å². The molecular weight excluding hydrogens is 250 g/mol. The molecule has 2 N–H and O–H groups in total. The number of nitrogens with zero attached hydrogens (tertiary/aromatic N) is 2. The fraction of sp³-hybridized carbons (Fsp3) is 0.438. The lowest BCUT2D eigenvalue weighted by Crippen LogP contribution is -2.31. The largest absolute Gasteiger partial charge is 0.377 e. The van der Waals surface area contributed by atoms with Crippen molar-refractivity contribution >= 4 is 16.6 Å². The van der Waals surface area contributed by atoms with Gasteiger partial charge in [0.15, 0.2) is 0 Å². The number of benzene rings is 1. The summed E-state index contributed by atoms with van der Waals surface area (Å²) in [5.74, 6) is 1.04. The van der Waals surface area contributed by atoms with Crippen molar-refractivity contribution in [2.45, 2.75) is 26.0 Å². The van der Waals surface area contributed by atoms with Crippen LogP contribution in [0.2, 0.25) is 0 Å². The number of hydrogen-bond acceptors (Lipinski definition) is 4. The zero-order valence-corrected chi connectivity index (χ0v) is 11.9. The Bertz CT molecular complexity index is 599. The lowest BCUT2D eigenvalue weighted by atomic mass is 10.1. The molecule has 0 saturated carbocycles. The molecule has 1 aliphatic heterocycles. The van der Waals surface area contributed by atoms with Gasteiger partial charge >= 0.3 is 0 Å². The maximum atomic E-state index is 5.79. The van der Waals surface area contributed by atoms with E-state index in [0.717, 1.165) is 37.6 Å². The Labute approximate surface area is 119 Å². The van der Waals surface area contributed by atoms with Crippen molar-refractivity contribution < 1.29 is 4.74 Å². The Kier molecular flexibility index (Phi) is 3.85. The first-order valence-corrected chi connectivity index (χ1v) is 7.23. The van der Waals surface area contributed by atoms with Crippen LogP contribution < -0.4 is 10.6 Å². The third-order valence-electron chi connectivity index (χ3n) is 3.73. The number of anilines is 1. The molecule has 4 nitrogen and oxygen atoms in total. The van der Waals surface area contributed by atoms with E-state index in [2.05, 4.69) is 42.2 Å². The Morgan fingerprint density at radius 3 is 3.10 bits per heavy atom. The van der Waals surface area contributed by atoms with E-state index < -0.39 is 0 Å². The van der Waals surface area contributed by atoms with Gasteiger partial charge in [0.05, 0.1) is 11.8 Å². The molecule has 20 heavy (non-hydrogen) atoms. The van der Waals surface area contributed by atoms with E-state index in [4.69, 9.17) is 15.5 Å². The number of fused-ring (bicyclic) bond motifs is 1. The van der Waals surface area contributed by atoms with Crippen LogP contribution in [0.3, 0.4) is 0 Å². The SMILES string of the molecule is CC1CN(c2nc(CN)cc3ccccc23)CCCO1. The second-order valence-corrected chi connectivity index (χ2v) is 5.34. The fourth-order valence-electron chi connectivity index (χ4n) is 2.77. The number of pyridine rings is 1. The highest BCUT2D eigenvalue weighted by atomic mass is 16.5. The van der Waals surface area contributed by atoms with E-state index in [0.29, 0.717) is 6.54 Å². The van der Waals surface area contributed by atoms with Gasteiger partial charge < -0.3 is 15.4 Å². The Morgan fingerprint density at radius 2 is 2.25 bits per heavy atom. The average molecular weight is 271 g/mol. The highest BCUT2D eigenvalue weighted by molar-refractivity contribution is 5.92. The number of hydrogen-bond donors (Lipinski definition) is 1. The minimum Gasteiger partial charge on any atom is -0.377 e. The molecule has 2 aromatic rings. The van der Waals surface area contributed by atoms with Gasteiger partial charge in [-0.15, -0.1) is 0 Å². The van der Waals surface area contributed by atoms with Crippen LogP contribution in [0.15, 0.2) is 30.3 Å². The molecule has 1 saturated heterocycles. The van der Waals surface area contributed by atoms with Crippen molar-refractivity contribution in [1.29, 1.82) is 0 Å². The predicted molar refractivity (Wildman–Crippen MR) is 81.9 cm³/mol. The summed E-state index contributed by atoms with van der Waals surface area (Å²) in [5, 5.41) is 2.40. The van der Waals surface area contributed by atoms with Crippen LogP contribution in [-0.2, 0) is 11.3 Å². The van der Waals surface area contributed by atoms with Crippen molar-refractivity contribution in [2.24, 2.45) is 5.73 Å². The minimum absolute atomic E-state index is 0.236. The zero-order chi connectivity index (χ0) is 13.9. The maximum Gasteiger partial charge on any atom is 0.136 e. The van der Waals surface area contributed by atoms with Gasteiger partial charge in [-0.3, -0.25) is 0 Å². The highest BCUT2D eigenvalue weighted by Crippen LogP contribution is 2.27. The normalized spacial score (nSPS) is 20.1. The minimum atomic E-state index is 0.236. The topological polar surface area (TPSA) is 51.4 Å². The van der Waals surface area contributed by atoms with Gasteiger partial charge in [-0.05, 0) is 24.8 Å². The molecule has 1 atom stereocenters. The lowest BCUT2D eigenvalue weighted by Gasteiger charge is -2.25. The van der Waals surface area contributed by atoms with Crippen LogP contribution in [0.4, 0.5) is 5.82 Å². The van der Waals surface area contributed by atoms with Crippen molar-refractivity contribution in [3.05, 3.63) is 36.0 Å². The van der Waals surface area contributed by atoms with Gasteiger partial charge in [0.2, 0.25) is 0 Å². The Morgan fingerprint density at radius 1 is 1.40 bits per heavy atom. The summed E-state index contributed by atoms with van der Waals surface area (Å²) in [6.07, 6.45) is 1.27. The van der Waals surface area contributed by atoms with Crippen LogP contribution in [0, 0.1) is 0 Å².